The maximum Gasteiger partial charge on any atom is 0.258 e. The van der Waals surface area contributed by atoms with Crippen LogP contribution in [0.15, 0.2) is 46.0 Å². The van der Waals surface area contributed by atoms with Crippen LogP contribution in [0, 0.1) is 0 Å². The Balaban J connectivity index is 1.46. The average Bonchev–Trinajstić information content (AvgIpc) is 3.41. The Morgan fingerprint density at radius 2 is 2.17 bits per heavy atom. The summed E-state index contributed by atoms with van der Waals surface area (Å²) >= 11 is 7.59. The van der Waals surface area contributed by atoms with E-state index in [4.69, 9.17) is 20.9 Å². The summed E-state index contributed by atoms with van der Waals surface area (Å²) in [6, 6.07) is 11.0. The molecule has 4 rings (SSSR count). The van der Waals surface area contributed by atoms with Crippen LogP contribution in [0.4, 0.5) is 0 Å². The summed E-state index contributed by atoms with van der Waals surface area (Å²) < 4.78 is 10.5. The number of amidine groups is 1. The average molecular weight is 446 g/mol. The first-order valence-electron chi connectivity index (χ1n) is 9.32. The molecule has 1 aliphatic rings. The molecule has 0 fully saturated rings. The van der Waals surface area contributed by atoms with Gasteiger partial charge in [0.1, 0.15) is 5.69 Å². The number of nitrogens with zero attached hydrogens (tertiary/aromatic N) is 6. The number of benzene rings is 1. The third-order valence-electron chi connectivity index (χ3n) is 4.49. The largest absolute Gasteiger partial charge is 0.480 e. The van der Waals surface area contributed by atoms with E-state index < -0.39 is 0 Å². The summed E-state index contributed by atoms with van der Waals surface area (Å²) in [7, 11) is 1.56. The van der Waals surface area contributed by atoms with Crippen molar-refractivity contribution >= 4 is 28.5 Å². The van der Waals surface area contributed by atoms with Gasteiger partial charge >= 0.3 is 0 Å². The molecule has 0 aliphatic carbocycles. The molecule has 1 N–H and O–H groups in total. The lowest BCUT2D eigenvalue weighted by molar-refractivity contribution is 0.312. The van der Waals surface area contributed by atoms with Crippen LogP contribution in [-0.4, -0.2) is 44.1 Å². The molecule has 2 atom stereocenters. The van der Waals surface area contributed by atoms with Crippen molar-refractivity contribution in [1.82, 2.24) is 30.7 Å². The van der Waals surface area contributed by atoms with Crippen molar-refractivity contribution < 1.29 is 9.26 Å². The minimum Gasteiger partial charge on any atom is -0.480 e. The molecule has 0 spiro atoms. The third-order valence-corrected chi connectivity index (χ3v) is 5.83. The predicted octanol–water partition coefficient (Wildman–Crippen LogP) is 3.88. The predicted molar refractivity (Wildman–Crippen MR) is 115 cm³/mol. The lowest BCUT2D eigenvalue weighted by Gasteiger charge is -2.25. The summed E-state index contributed by atoms with van der Waals surface area (Å²) in [6.45, 7) is 4.81. The van der Waals surface area contributed by atoms with Gasteiger partial charge in [0.25, 0.3) is 5.89 Å². The van der Waals surface area contributed by atoms with Crippen LogP contribution in [0.1, 0.15) is 36.8 Å². The first kappa shape index (κ1) is 20.4. The Bertz CT molecular complexity index is 1040. The number of nitrogens with one attached hydrogen (secondary N) is 1. The normalized spacial score (nSPS) is 16.9. The Morgan fingerprint density at radius 3 is 2.87 bits per heavy atom. The van der Waals surface area contributed by atoms with Crippen LogP contribution in [-0.2, 0) is 0 Å². The highest BCUT2D eigenvalue weighted by atomic mass is 35.5. The van der Waals surface area contributed by atoms with E-state index >= 15 is 0 Å². The fourth-order valence-corrected chi connectivity index (χ4v) is 4.12. The van der Waals surface area contributed by atoms with Crippen LogP contribution in [0.2, 0.25) is 5.02 Å². The monoisotopic (exact) mass is 445 g/mol. The van der Waals surface area contributed by atoms with Crippen LogP contribution in [0.25, 0.3) is 11.5 Å². The fourth-order valence-electron chi connectivity index (χ4n) is 2.93. The van der Waals surface area contributed by atoms with E-state index in [2.05, 4.69) is 42.7 Å². The molecule has 1 aromatic carbocycles. The number of halogens is 1. The molecule has 9 nitrogen and oxygen atoms in total. The molecular weight excluding hydrogens is 426 g/mol. The first-order chi connectivity index (χ1) is 14.6. The molecule has 0 amide bonds. The van der Waals surface area contributed by atoms with Gasteiger partial charge in [0.15, 0.2) is 17.2 Å². The minimum absolute atomic E-state index is 0.0722. The van der Waals surface area contributed by atoms with Gasteiger partial charge in [-0.2, -0.15) is 10.1 Å². The second-order valence-electron chi connectivity index (χ2n) is 6.44. The number of methoxy groups -OCH3 is 1. The van der Waals surface area contributed by atoms with Crippen LogP contribution >= 0.6 is 23.4 Å². The number of hydrogen-bond acceptors (Lipinski definition) is 10. The van der Waals surface area contributed by atoms with Gasteiger partial charge in [0, 0.05) is 23.2 Å². The topological polar surface area (TPSA) is 102 Å². The molecule has 2 aromatic heterocycles. The number of thioether (sulfide) groups is 1. The standard InChI is InChI=1S/C19H20ClN7O2S/c1-4-27-17(14-8-9-15(28-3)23-22-14)24-25-19(27)30-11(2)16-21-18(29-26-16)12-6-5-7-13(20)10-12/h5-11,17,24H,4H2,1-3H3. The van der Waals surface area contributed by atoms with Crippen LogP contribution in [0.5, 0.6) is 5.88 Å². The van der Waals surface area contributed by atoms with E-state index in [9.17, 15) is 0 Å². The van der Waals surface area contributed by atoms with Gasteiger partial charge in [-0.3, -0.25) is 5.43 Å². The second-order valence-corrected chi connectivity index (χ2v) is 8.19. The van der Waals surface area contributed by atoms with Crippen molar-refractivity contribution in [3.8, 4) is 17.3 Å². The third kappa shape index (κ3) is 4.19. The summed E-state index contributed by atoms with van der Waals surface area (Å²) in [5.74, 6) is 1.49. The summed E-state index contributed by atoms with van der Waals surface area (Å²) in [5.41, 5.74) is 4.67. The Labute approximate surface area is 182 Å². The van der Waals surface area contributed by atoms with E-state index in [1.54, 1.807) is 37.1 Å². The lowest BCUT2D eigenvalue weighted by atomic mass is 10.2. The smallest absolute Gasteiger partial charge is 0.258 e. The Kier molecular flexibility index (Phi) is 6.05. The van der Waals surface area contributed by atoms with Gasteiger partial charge in [0.05, 0.1) is 12.4 Å². The van der Waals surface area contributed by atoms with Crippen LogP contribution in [0.3, 0.4) is 0 Å². The van der Waals surface area contributed by atoms with E-state index in [1.165, 1.54) is 0 Å². The highest BCUT2D eigenvalue weighted by molar-refractivity contribution is 8.13. The van der Waals surface area contributed by atoms with Gasteiger partial charge in [-0.15, -0.1) is 10.2 Å². The molecule has 0 saturated carbocycles. The maximum absolute atomic E-state index is 6.05. The molecular formula is C19H20ClN7O2S. The van der Waals surface area contributed by atoms with Gasteiger partial charge in [-0.05, 0) is 38.1 Å². The molecule has 0 radical (unpaired) electrons. The van der Waals surface area contributed by atoms with Crippen molar-refractivity contribution in [1.29, 1.82) is 0 Å². The fraction of sp³-hybridized carbons (Fsp3) is 0.316. The molecule has 30 heavy (non-hydrogen) atoms. The molecule has 2 unspecified atom stereocenters. The lowest BCUT2D eigenvalue weighted by Crippen LogP contribution is -2.33. The minimum atomic E-state index is -0.199. The van der Waals surface area contributed by atoms with Crippen LogP contribution < -0.4 is 10.2 Å². The summed E-state index contributed by atoms with van der Waals surface area (Å²) in [6.07, 6.45) is -0.199. The quantitative estimate of drug-likeness (QED) is 0.605. The van der Waals surface area contributed by atoms with E-state index in [1.807, 2.05) is 25.1 Å². The zero-order valence-electron chi connectivity index (χ0n) is 16.6. The molecule has 3 heterocycles. The van der Waals surface area contributed by atoms with E-state index in [0.29, 0.717) is 22.6 Å². The SMILES string of the molecule is CCN1C(SC(C)c2noc(-c3cccc(Cl)c3)n2)=NNC1c1ccc(OC)nn1. The van der Waals surface area contributed by atoms with Crippen molar-refractivity contribution in [2.45, 2.75) is 25.3 Å². The molecule has 3 aromatic rings. The van der Waals surface area contributed by atoms with E-state index in [-0.39, 0.29) is 11.4 Å². The molecule has 0 saturated heterocycles. The van der Waals surface area contributed by atoms with Crippen molar-refractivity contribution in [2.24, 2.45) is 5.10 Å². The number of ether oxygens (including phenoxy) is 1. The van der Waals surface area contributed by atoms with Gasteiger partial charge < -0.3 is 14.2 Å². The number of rotatable bonds is 6. The summed E-state index contributed by atoms with van der Waals surface area (Å²) in [5, 5.41) is 18.3. The zero-order chi connectivity index (χ0) is 21.1. The molecule has 156 valence electrons. The zero-order valence-corrected chi connectivity index (χ0v) is 18.2. The highest BCUT2D eigenvalue weighted by Crippen LogP contribution is 2.34. The molecule has 1 aliphatic heterocycles. The molecule has 0 bridgehead atoms. The van der Waals surface area contributed by atoms with Crippen molar-refractivity contribution in [2.75, 3.05) is 13.7 Å². The Hall–Kier alpha value is -2.85. The highest BCUT2D eigenvalue weighted by Gasteiger charge is 2.31. The second kappa shape index (κ2) is 8.88. The Morgan fingerprint density at radius 1 is 1.30 bits per heavy atom. The van der Waals surface area contributed by atoms with Crippen molar-refractivity contribution in [3.05, 3.63) is 52.9 Å². The maximum atomic E-state index is 6.05. The van der Waals surface area contributed by atoms with Gasteiger partial charge in [0.2, 0.25) is 5.88 Å². The summed E-state index contributed by atoms with van der Waals surface area (Å²) in [4.78, 5) is 6.63. The van der Waals surface area contributed by atoms with E-state index in [0.717, 1.165) is 23.0 Å². The van der Waals surface area contributed by atoms with Crippen molar-refractivity contribution in [3.63, 3.8) is 0 Å². The number of hydrazone groups is 1. The number of aromatic nitrogens is 4. The van der Waals surface area contributed by atoms with Gasteiger partial charge in [-0.25, -0.2) is 0 Å². The molecule has 11 heteroatoms. The van der Waals surface area contributed by atoms with Gasteiger partial charge in [-0.1, -0.05) is 34.6 Å². The first-order valence-corrected chi connectivity index (χ1v) is 10.6. The number of hydrogen-bond donors (Lipinski definition) is 1.